The Bertz CT molecular complexity index is 485. The first-order valence-electron chi connectivity index (χ1n) is 6.78. The molecule has 0 radical (unpaired) electrons. The molecular weight excluding hydrogens is 285 g/mol. The first kappa shape index (κ1) is 15.6. The summed E-state index contributed by atoms with van der Waals surface area (Å²) in [5.41, 5.74) is 0.423. The van der Waals surface area contributed by atoms with Crippen LogP contribution in [0.2, 0.25) is 0 Å². The molecule has 4 nitrogen and oxygen atoms in total. The van der Waals surface area contributed by atoms with Crippen LogP contribution in [0.3, 0.4) is 0 Å². The van der Waals surface area contributed by atoms with Crippen LogP contribution < -0.4 is 15.4 Å². The van der Waals surface area contributed by atoms with Crippen molar-refractivity contribution in [3.63, 3.8) is 0 Å². The van der Waals surface area contributed by atoms with Gasteiger partial charge in [0.05, 0.1) is 6.04 Å². The van der Waals surface area contributed by atoms with Gasteiger partial charge < -0.3 is 15.4 Å². The molecule has 116 valence electrons. The summed E-state index contributed by atoms with van der Waals surface area (Å²) in [6.07, 6.45) is -1.59. The number of anilines is 1. The van der Waals surface area contributed by atoms with E-state index in [4.69, 9.17) is 0 Å². The molecule has 1 amide bonds. The highest BCUT2D eigenvalue weighted by Crippen LogP contribution is 2.21. The zero-order valence-electron chi connectivity index (χ0n) is 11.4. The Morgan fingerprint density at radius 1 is 1.38 bits per heavy atom. The Labute approximate surface area is 120 Å². The van der Waals surface area contributed by atoms with Crippen molar-refractivity contribution in [2.45, 2.75) is 31.5 Å². The fourth-order valence-corrected chi connectivity index (χ4v) is 2.13. The molecule has 1 aromatic carbocycles. The zero-order valence-corrected chi connectivity index (χ0v) is 11.4. The highest BCUT2D eigenvalue weighted by molar-refractivity contribution is 5.95. The van der Waals surface area contributed by atoms with Crippen LogP contribution in [0.25, 0.3) is 0 Å². The minimum absolute atomic E-state index is 0.0710. The van der Waals surface area contributed by atoms with Crippen molar-refractivity contribution in [1.82, 2.24) is 5.32 Å². The lowest BCUT2D eigenvalue weighted by Crippen LogP contribution is -2.43. The van der Waals surface area contributed by atoms with Crippen molar-refractivity contribution in [3.05, 3.63) is 24.3 Å². The van der Waals surface area contributed by atoms with E-state index in [1.165, 1.54) is 18.2 Å². The number of piperidine rings is 1. The predicted octanol–water partition coefficient (Wildman–Crippen LogP) is 2.71. The maximum atomic E-state index is 12.1. The lowest BCUT2D eigenvalue weighted by atomic mass is 10.0. The molecule has 1 atom stereocenters. The van der Waals surface area contributed by atoms with Gasteiger partial charge in [0, 0.05) is 11.8 Å². The van der Waals surface area contributed by atoms with Crippen LogP contribution in [0.4, 0.5) is 18.9 Å². The number of benzene rings is 1. The summed E-state index contributed by atoms with van der Waals surface area (Å²) in [7, 11) is 0. The summed E-state index contributed by atoms with van der Waals surface area (Å²) in [5, 5.41) is 5.79. The zero-order chi connectivity index (χ0) is 15.3. The Morgan fingerprint density at radius 3 is 2.86 bits per heavy atom. The van der Waals surface area contributed by atoms with Gasteiger partial charge in [0.15, 0.2) is 6.61 Å². The second-order valence-corrected chi connectivity index (χ2v) is 4.92. The van der Waals surface area contributed by atoms with E-state index in [1.807, 2.05) is 0 Å². The number of nitrogens with one attached hydrogen (secondary N) is 2. The smallest absolute Gasteiger partial charge is 0.422 e. The molecular formula is C14H17F3N2O2. The van der Waals surface area contributed by atoms with Gasteiger partial charge in [-0.2, -0.15) is 13.2 Å². The second kappa shape index (κ2) is 6.80. The van der Waals surface area contributed by atoms with Crippen LogP contribution in [0.15, 0.2) is 24.3 Å². The summed E-state index contributed by atoms with van der Waals surface area (Å²) < 4.78 is 40.9. The molecule has 0 saturated carbocycles. The lowest BCUT2D eigenvalue weighted by Gasteiger charge is -2.22. The van der Waals surface area contributed by atoms with E-state index < -0.39 is 12.8 Å². The van der Waals surface area contributed by atoms with E-state index in [1.54, 1.807) is 6.07 Å². The van der Waals surface area contributed by atoms with Crippen LogP contribution in [-0.4, -0.2) is 31.3 Å². The number of alkyl halides is 3. The maximum absolute atomic E-state index is 12.1. The van der Waals surface area contributed by atoms with Crippen LogP contribution >= 0.6 is 0 Å². The Hall–Kier alpha value is -1.76. The molecule has 0 aromatic heterocycles. The van der Waals surface area contributed by atoms with Crippen molar-refractivity contribution in [2.24, 2.45) is 0 Å². The largest absolute Gasteiger partial charge is 0.484 e. The molecule has 1 aliphatic heterocycles. The molecule has 1 saturated heterocycles. The average Bonchev–Trinajstić information content (AvgIpc) is 2.46. The van der Waals surface area contributed by atoms with E-state index in [-0.39, 0.29) is 17.7 Å². The quantitative estimate of drug-likeness (QED) is 0.899. The molecule has 1 heterocycles. The summed E-state index contributed by atoms with van der Waals surface area (Å²) in [4.78, 5) is 12.0. The number of ether oxygens (including phenoxy) is 1. The van der Waals surface area contributed by atoms with Gasteiger partial charge >= 0.3 is 6.18 Å². The van der Waals surface area contributed by atoms with Gasteiger partial charge in [-0.3, -0.25) is 4.79 Å². The van der Waals surface area contributed by atoms with Crippen molar-refractivity contribution < 1.29 is 22.7 Å². The van der Waals surface area contributed by atoms with Gasteiger partial charge in [-0.25, -0.2) is 0 Å². The van der Waals surface area contributed by atoms with Crippen molar-refractivity contribution in [1.29, 1.82) is 0 Å². The van der Waals surface area contributed by atoms with Crippen LogP contribution in [0.1, 0.15) is 19.3 Å². The number of amides is 1. The minimum Gasteiger partial charge on any atom is -0.484 e. The monoisotopic (exact) mass is 302 g/mol. The van der Waals surface area contributed by atoms with Gasteiger partial charge in [0.1, 0.15) is 5.75 Å². The van der Waals surface area contributed by atoms with Crippen molar-refractivity contribution >= 4 is 11.6 Å². The molecule has 0 aliphatic carbocycles. The molecule has 2 N–H and O–H groups in total. The van der Waals surface area contributed by atoms with Gasteiger partial charge in [-0.15, -0.1) is 0 Å². The number of carbonyl (C=O) groups excluding carboxylic acids is 1. The van der Waals surface area contributed by atoms with Crippen LogP contribution in [0.5, 0.6) is 5.75 Å². The van der Waals surface area contributed by atoms with E-state index in [0.717, 1.165) is 25.8 Å². The minimum atomic E-state index is -4.38. The van der Waals surface area contributed by atoms with Gasteiger partial charge in [-0.05, 0) is 31.5 Å². The van der Waals surface area contributed by atoms with Crippen LogP contribution in [0, 0.1) is 0 Å². The van der Waals surface area contributed by atoms with Crippen LogP contribution in [-0.2, 0) is 4.79 Å². The summed E-state index contributed by atoms with van der Waals surface area (Å²) in [6, 6.07) is 5.70. The number of hydrogen-bond acceptors (Lipinski definition) is 3. The number of hydrogen-bond donors (Lipinski definition) is 2. The highest BCUT2D eigenvalue weighted by atomic mass is 19.4. The number of rotatable bonds is 4. The second-order valence-electron chi connectivity index (χ2n) is 4.92. The standard InChI is InChI=1S/C14H17F3N2O2/c15-14(16,17)9-21-11-5-3-4-10(8-11)19-13(20)12-6-1-2-7-18-12/h3-5,8,12,18H,1-2,6-7,9H2,(H,19,20). The SMILES string of the molecule is O=C(Nc1cccc(OCC(F)(F)F)c1)C1CCCCN1. The van der Waals surface area contributed by atoms with Crippen molar-refractivity contribution in [3.8, 4) is 5.75 Å². The number of halogens is 3. The predicted molar refractivity (Wildman–Crippen MR) is 72.3 cm³/mol. The van der Waals surface area contributed by atoms with E-state index >= 15 is 0 Å². The normalized spacial score (nSPS) is 19.1. The molecule has 21 heavy (non-hydrogen) atoms. The topological polar surface area (TPSA) is 50.4 Å². The molecule has 1 aromatic rings. The molecule has 1 unspecified atom stereocenters. The first-order valence-corrected chi connectivity index (χ1v) is 6.78. The van der Waals surface area contributed by atoms with Crippen molar-refractivity contribution in [2.75, 3.05) is 18.5 Å². The van der Waals surface area contributed by atoms with Gasteiger partial charge in [0.25, 0.3) is 0 Å². The Balaban J connectivity index is 1.92. The summed E-state index contributed by atoms with van der Waals surface area (Å²) >= 11 is 0. The fraction of sp³-hybridized carbons (Fsp3) is 0.500. The van der Waals surface area contributed by atoms with E-state index in [2.05, 4.69) is 15.4 Å². The Morgan fingerprint density at radius 2 is 2.19 bits per heavy atom. The summed E-state index contributed by atoms with van der Waals surface area (Å²) in [5.74, 6) is -0.107. The molecule has 0 bridgehead atoms. The molecule has 1 fully saturated rings. The lowest BCUT2D eigenvalue weighted by molar-refractivity contribution is -0.153. The fourth-order valence-electron chi connectivity index (χ4n) is 2.13. The van der Waals surface area contributed by atoms with Gasteiger partial charge in [0.2, 0.25) is 5.91 Å². The highest BCUT2D eigenvalue weighted by Gasteiger charge is 2.28. The number of carbonyl (C=O) groups is 1. The average molecular weight is 302 g/mol. The third kappa shape index (κ3) is 5.26. The maximum Gasteiger partial charge on any atom is 0.422 e. The molecule has 7 heteroatoms. The van der Waals surface area contributed by atoms with Gasteiger partial charge in [-0.1, -0.05) is 12.5 Å². The molecule has 0 spiro atoms. The third-order valence-electron chi connectivity index (χ3n) is 3.13. The van der Waals surface area contributed by atoms with E-state index in [0.29, 0.717) is 5.69 Å². The van der Waals surface area contributed by atoms with E-state index in [9.17, 15) is 18.0 Å². The third-order valence-corrected chi connectivity index (χ3v) is 3.13. The summed E-state index contributed by atoms with van der Waals surface area (Å²) in [6.45, 7) is -0.554. The Kier molecular flexibility index (Phi) is 5.06. The molecule has 1 aliphatic rings. The first-order chi connectivity index (χ1) is 9.94. The molecule has 2 rings (SSSR count).